The Labute approximate surface area is 160 Å². The maximum Gasteiger partial charge on any atom is 0.417 e. The third-order valence-corrected chi connectivity index (χ3v) is 4.20. The molecule has 0 aromatic heterocycles. The van der Waals surface area contributed by atoms with Crippen LogP contribution in [0.1, 0.15) is 45.7 Å². The molecule has 150 valence electrons. The highest BCUT2D eigenvalue weighted by Crippen LogP contribution is 2.32. The van der Waals surface area contributed by atoms with Crippen LogP contribution in [0.5, 0.6) is 0 Å². The number of halogens is 3. The normalized spacial score (nSPS) is 11.8. The molecule has 28 heavy (non-hydrogen) atoms. The standard InChI is InChI=1S/C20H21F3N2O3/c1-19(2,11-13-7-9-14(10-8-13)17(26)25-28)12-24-18(27)15-5-3-4-6-16(15)20(21,22)23/h3-10,28H,11-12H2,1-2H3,(H,24,27)(H,25,26). The van der Waals surface area contributed by atoms with Gasteiger partial charge in [0, 0.05) is 12.1 Å². The Hall–Kier alpha value is -2.87. The zero-order valence-corrected chi connectivity index (χ0v) is 15.4. The van der Waals surface area contributed by atoms with Gasteiger partial charge in [-0.25, -0.2) is 5.48 Å². The fourth-order valence-corrected chi connectivity index (χ4v) is 2.80. The minimum Gasteiger partial charge on any atom is -0.351 e. The molecule has 2 rings (SSSR count). The molecule has 2 amide bonds. The van der Waals surface area contributed by atoms with E-state index in [2.05, 4.69) is 5.32 Å². The first-order chi connectivity index (χ1) is 13.0. The van der Waals surface area contributed by atoms with Gasteiger partial charge in [-0.2, -0.15) is 13.2 Å². The number of alkyl halides is 3. The zero-order valence-electron chi connectivity index (χ0n) is 15.4. The van der Waals surface area contributed by atoms with Crippen molar-refractivity contribution < 1.29 is 28.0 Å². The van der Waals surface area contributed by atoms with E-state index in [0.29, 0.717) is 12.0 Å². The number of rotatable bonds is 6. The van der Waals surface area contributed by atoms with Gasteiger partial charge in [-0.15, -0.1) is 0 Å². The van der Waals surface area contributed by atoms with Crippen LogP contribution in [-0.2, 0) is 12.6 Å². The molecule has 0 heterocycles. The summed E-state index contributed by atoms with van der Waals surface area (Å²) < 4.78 is 39.2. The Morgan fingerprint density at radius 2 is 1.57 bits per heavy atom. The number of hydroxylamine groups is 1. The topological polar surface area (TPSA) is 78.4 Å². The largest absolute Gasteiger partial charge is 0.417 e. The molecule has 0 saturated carbocycles. The summed E-state index contributed by atoms with van der Waals surface area (Å²) in [7, 11) is 0. The predicted octanol–water partition coefficient (Wildman–Crippen LogP) is 3.82. The summed E-state index contributed by atoms with van der Waals surface area (Å²) in [6.45, 7) is 3.91. The van der Waals surface area contributed by atoms with E-state index >= 15 is 0 Å². The van der Waals surface area contributed by atoms with Gasteiger partial charge >= 0.3 is 6.18 Å². The Bertz CT molecular complexity index is 847. The highest BCUT2D eigenvalue weighted by Gasteiger charge is 2.35. The minimum atomic E-state index is -4.61. The molecule has 0 atom stereocenters. The lowest BCUT2D eigenvalue weighted by molar-refractivity contribution is -0.137. The second kappa shape index (κ2) is 8.43. The second-order valence-corrected chi connectivity index (χ2v) is 7.20. The van der Waals surface area contributed by atoms with Crippen LogP contribution in [0.2, 0.25) is 0 Å². The van der Waals surface area contributed by atoms with Crippen LogP contribution in [0.4, 0.5) is 13.2 Å². The molecule has 5 nitrogen and oxygen atoms in total. The zero-order chi connectivity index (χ0) is 20.9. The first kappa shape index (κ1) is 21.4. The highest BCUT2D eigenvalue weighted by atomic mass is 19.4. The lowest BCUT2D eigenvalue weighted by Gasteiger charge is -2.25. The van der Waals surface area contributed by atoms with Crippen LogP contribution in [0.25, 0.3) is 0 Å². The van der Waals surface area contributed by atoms with E-state index in [4.69, 9.17) is 5.21 Å². The van der Waals surface area contributed by atoms with Crippen molar-refractivity contribution in [1.82, 2.24) is 10.8 Å². The van der Waals surface area contributed by atoms with Crippen LogP contribution in [0.3, 0.4) is 0 Å². The summed E-state index contributed by atoms with van der Waals surface area (Å²) in [6.07, 6.45) is -4.08. The first-order valence-electron chi connectivity index (χ1n) is 8.51. The van der Waals surface area contributed by atoms with Crippen molar-refractivity contribution in [2.45, 2.75) is 26.4 Å². The molecule has 0 aliphatic rings. The molecular weight excluding hydrogens is 373 g/mol. The number of carbonyl (C=O) groups is 2. The summed E-state index contributed by atoms with van der Waals surface area (Å²) in [5.74, 6) is -1.41. The van der Waals surface area contributed by atoms with Gasteiger partial charge in [-0.05, 0) is 41.7 Å². The maximum atomic E-state index is 13.1. The molecule has 0 aliphatic heterocycles. The number of hydrogen-bond acceptors (Lipinski definition) is 3. The molecule has 0 fully saturated rings. The average molecular weight is 394 g/mol. The van der Waals surface area contributed by atoms with Crippen LogP contribution >= 0.6 is 0 Å². The molecule has 0 saturated heterocycles. The van der Waals surface area contributed by atoms with Gasteiger partial charge < -0.3 is 5.32 Å². The van der Waals surface area contributed by atoms with Crippen molar-refractivity contribution in [3.63, 3.8) is 0 Å². The molecule has 3 N–H and O–H groups in total. The van der Waals surface area contributed by atoms with Crippen molar-refractivity contribution in [3.05, 3.63) is 70.8 Å². The van der Waals surface area contributed by atoms with Crippen LogP contribution in [-0.4, -0.2) is 23.6 Å². The first-order valence-corrected chi connectivity index (χ1v) is 8.51. The van der Waals surface area contributed by atoms with Gasteiger partial charge in [0.25, 0.3) is 11.8 Å². The van der Waals surface area contributed by atoms with Crippen molar-refractivity contribution >= 4 is 11.8 Å². The summed E-state index contributed by atoms with van der Waals surface area (Å²) in [5, 5.41) is 11.2. The maximum absolute atomic E-state index is 13.1. The molecule has 0 aliphatic carbocycles. The Morgan fingerprint density at radius 3 is 2.14 bits per heavy atom. The summed E-state index contributed by atoms with van der Waals surface area (Å²) in [6, 6.07) is 11.2. The van der Waals surface area contributed by atoms with Gasteiger partial charge in [0.05, 0.1) is 11.1 Å². The lowest BCUT2D eigenvalue weighted by atomic mass is 9.85. The number of hydrogen-bond donors (Lipinski definition) is 3. The summed E-state index contributed by atoms with van der Waals surface area (Å²) in [5.41, 5.74) is 0.896. The average Bonchev–Trinajstić information content (AvgIpc) is 2.65. The minimum absolute atomic E-state index is 0.164. The quantitative estimate of drug-likeness (QED) is 0.515. The highest BCUT2D eigenvalue weighted by molar-refractivity contribution is 5.96. The lowest BCUT2D eigenvalue weighted by Crippen LogP contribution is -2.36. The fourth-order valence-electron chi connectivity index (χ4n) is 2.80. The van der Waals surface area contributed by atoms with Gasteiger partial charge in [0.2, 0.25) is 0 Å². The molecule has 0 bridgehead atoms. The van der Waals surface area contributed by atoms with Crippen molar-refractivity contribution in [3.8, 4) is 0 Å². The van der Waals surface area contributed by atoms with E-state index in [1.165, 1.54) is 12.1 Å². The SMILES string of the molecule is CC(C)(CNC(=O)c1ccccc1C(F)(F)F)Cc1ccc(C(=O)NO)cc1. The van der Waals surface area contributed by atoms with E-state index in [9.17, 15) is 22.8 Å². The van der Waals surface area contributed by atoms with Crippen molar-refractivity contribution in [2.75, 3.05) is 6.54 Å². The smallest absolute Gasteiger partial charge is 0.351 e. The summed E-state index contributed by atoms with van der Waals surface area (Å²) >= 11 is 0. The van der Waals surface area contributed by atoms with Crippen molar-refractivity contribution in [1.29, 1.82) is 0 Å². The molecule has 2 aromatic carbocycles. The van der Waals surface area contributed by atoms with Gasteiger partial charge in [-0.3, -0.25) is 14.8 Å². The summed E-state index contributed by atoms with van der Waals surface area (Å²) in [4.78, 5) is 23.6. The Balaban J connectivity index is 2.03. The molecular formula is C20H21F3N2O3. The van der Waals surface area contributed by atoms with E-state index in [1.807, 2.05) is 13.8 Å². The molecule has 2 aromatic rings. The number of nitrogens with one attached hydrogen (secondary N) is 2. The number of benzene rings is 2. The van der Waals surface area contributed by atoms with Gasteiger partial charge in [0.15, 0.2) is 0 Å². The van der Waals surface area contributed by atoms with Gasteiger partial charge in [0.1, 0.15) is 0 Å². The van der Waals surface area contributed by atoms with E-state index in [0.717, 1.165) is 17.7 Å². The molecule has 0 unspecified atom stereocenters. The predicted molar refractivity (Wildman–Crippen MR) is 97.0 cm³/mol. The van der Waals surface area contributed by atoms with E-state index in [1.54, 1.807) is 29.7 Å². The Kier molecular flexibility index (Phi) is 6.45. The third-order valence-electron chi connectivity index (χ3n) is 4.20. The third kappa shape index (κ3) is 5.56. The van der Waals surface area contributed by atoms with Crippen LogP contribution < -0.4 is 10.8 Å². The van der Waals surface area contributed by atoms with Crippen LogP contribution in [0, 0.1) is 5.41 Å². The van der Waals surface area contributed by atoms with Crippen molar-refractivity contribution in [2.24, 2.45) is 5.41 Å². The van der Waals surface area contributed by atoms with Gasteiger partial charge in [-0.1, -0.05) is 38.1 Å². The van der Waals surface area contributed by atoms with E-state index in [-0.39, 0.29) is 6.54 Å². The number of carbonyl (C=O) groups excluding carboxylic acids is 2. The molecule has 0 radical (unpaired) electrons. The molecule has 8 heteroatoms. The number of amides is 2. The Morgan fingerprint density at radius 1 is 0.964 bits per heavy atom. The monoisotopic (exact) mass is 394 g/mol. The fraction of sp³-hybridized carbons (Fsp3) is 0.300. The van der Waals surface area contributed by atoms with Crippen LogP contribution in [0.15, 0.2) is 48.5 Å². The van der Waals surface area contributed by atoms with E-state index < -0.39 is 34.5 Å². The molecule has 0 spiro atoms. The second-order valence-electron chi connectivity index (χ2n) is 7.20.